The summed E-state index contributed by atoms with van der Waals surface area (Å²) in [6.45, 7) is 1.92. The summed E-state index contributed by atoms with van der Waals surface area (Å²) in [6, 6.07) is 0. The van der Waals surface area contributed by atoms with Gasteiger partial charge in [-0.05, 0) is 6.42 Å². The molecule has 3 N–H and O–H groups in total. The van der Waals surface area contributed by atoms with Crippen LogP contribution in [0.4, 0.5) is 0 Å². The maximum atomic E-state index is 9.10. The Morgan fingerprint density at radius 1 is 1.30 bits per heavy atom. The first-order valence-electron chi connectivity index (χ1n) is 3.31. The highest BCUT2D eigenvalue weighted by molar-refractivity contribution is 8.00. The summed E-state index contributed by atoms with van der Waals surface area (Å²) in [4.78, 5) is 0. The van der Waals surface area contributed by atoms with Crippen LogP contribution in [0.2, 0.25) is 0 Å². The summed E-state index contributed by atoms with van der Waals surface area (Å²) >= 11 is 1.30. The molecule has 0 aliphatic carbocycles. The van der Waals surface area contributed by atoms with Crippen molar-refractivity contribution in [2.75, 3.05) is 0 Å². The summed E-state index contributed by atoms with van der Waals surface area (Å²) in [5.41, 5.74) is -0.821. The minimum Gasteiger partial charge on any atom is -0.390 e. The molecule has 1 rings (SSSR count). The average Bonchev–Trinajstić information content (AvgIpc) is 1.82. The van der Waals surface area contributed by atoms with Crippen LogP contribution in [0.15, 0.2) is 0 Å². The van der Waals surface area contributed by atoms with Crippen LogP contribution in [0, 0.1) is 0 Å². The Balaban J connectivity index is 2.49. The molecule has 0 aromatic carbocycles. The maximum absolute atomic E-state index is 9.10. The van der Waals surface area contributed by atoms with Crippen molar-refractivity contribution in [1.82, 2.24) is 0 Å². The van der Waals surface area contributed by atoms with Gasteiger partial charge in [0.25, 0.3) is 0 Å². The van der Waals surface area contributed by atoms with Gasteiger partial charge < -0.3 is 15.3 Å². The first kappa shape index (κ1) is 8.33. The third-order valence-corrected chi connectivity index (χ3v) is 2.85. The molecule has 1 aliphatic rings. The first-order valence-corrected chi connectivity index (χ1v) is 4.25. The van der Waals surface area contributed by atoms with Crippen LogP contribution in [-0.4, -0.2) is 38.2 Å². The maximum Gasteiger partial charge on any atom is 0.128 e. The van der Waals surface area contributed by atoms with Crippen molar-refractivity contribution in [3.63, 3.8) is 0 Å². The Morgan fingerprint density at radius 2 is 1.90 bits per heavy atom. The molecule has 1 unspecified atom stereocenters. The van der Waals surface area contributed by atoms with E-state index in [-0.39, 0.29) is 5.25 Å². The Hall–Kier alpha value is 0.230. The van der Waals surface area contributed by atoms with Crippen LogP contribution in [0.3, 0.4) is 0 Å². The van der Waals surface area contributed by atoms with Crippen LogP contribution in [0.25, 0.3) is 0 Å². The van der Waals surface area contributed by atoms with Crippen LogP contribution >= 0.6 is 11.8 Å². The van der Waals surface area contributed by atoms with Gasteiger partial charge in [-0.3, -0.25) is 0 Å². The predicted octanol–water partition coefficient (Wildman–Crippen LogP) is -0.448. The molecule has 0 bridgehead atoms. The number of hydrogen-bond donors (Lipinski definition) is 3. The zero-order chi connectivity index (χ0) is 7.72. The van der Waals surface area contributed by atoms with Crippen molar-refractivity contribution in [1.29, 1.82) is 0 Å². The Labute approximate surface area is 64.1 Å². The molecule has 1 aliphatic heterocycles. The lowest BCUT2D eigenvalue weighted by molar-refractivity contribution is -0.0356. The Kier molecular flexibility index (Phi) is 2.57. The number of thioether (sulfide) groups is 1. The molecule has 4 atom stereocenters. The molecule has 4 heteroatoms. The lowest BCUT2D eigenvalue weighted by atomic mass is 10.1. The third kappa shape index (κ3) is 1.63. The summed E-state index contributed by atoms with van der Waals surface area (Å²) in [7, 11) is 0. The minimum atomic E-state index is -0.971. The second-order valence-corrected chi connectivity index (χ2v) is 4.19. The fourth-order valence-corrected chi connectivity index (χ4v) is 2.17. The minimum absolute atomic E-state index is 0.230. The van der Waals surface area contributed by atoms with Gasteiger partial charge in [0.1, 0.15) is 11.5 Å². The third-order valence-electron chi connectivity index (χ3n) is 1.63. The monoisotopic (exact) mass is 164 g/mol. The molecule has 60 valence electrons. The van der Waals surface area contributed by atoms with Crippen molar-refractivity contribution in [3.05, 3.63) is 0 Å². The van der Waals surface area contributed by atoms with Crippen molar-refractivity contribution in [2.45, 2.75) is 36.2 Å². The Morgan fingerprint density at radius 3 is 2.40 bits per heavy atom. The lowest BCUT2D eigenvalue weighted by Gasteiger charge is -2.31. The second-order valence-electron chi connectivity index (χ2n) is 2.63. The molecule has 0 spiro atoms. The molecule has 1 heterocycles. The summed E-state index contributed by atoms with van der Waals surface area (Å²) in [5, 5.41) is 27.4. The summed E-state index contributed by atoms with van der Waals surface area (Å²) < 4.78 is 0. The SMILES string of the molecule is C[C@@H]1C[C@H](O)[C@H](O)C(O)S1. The van der Waals surface area contributed by atoms with Crippen molar-refractivity contribution in [3.8, 4) is 0 Å². The van der Waals surface area contributed by atoms with Crippen LogP contribution in [0.5, 0.6) is 0 Å². The van der Waals surface area contributed by atoms with E-state index in [2.05, 4.69) is 0 Å². The molecule has 1 fully saturated rings. The number of hydrogen-bond acceptors (Lipinski definition) is 4. The van der Waals surface area contributed by atoms with Gasteiger partial charge in [-0.25, -0.2) is 0 Å². The van der Waals surface area contributed by atoms with Crippen molar-refractivity contribution in [2.24, 2.45) is 0 Å². The highest BCUT2D eigenvalue weighted by Crippen LogP contribution is 2.30. The van der Waals surface area contributed by atoms with Crippen molar-refractivity contribution < 1.29 is 15.3 Å². The van der Waals surface area contributed by atoms with Crippen molar-refractivity contribution >= 4 is 11.8 Å². The molecule has 0 saturated carbocycles. The molecule has 0 aromatic heterocycles. The van der Waals surface area contributed by atoms with E-state index in [0.717, 1.165) is 0 Å². The van der Waals surface area contributed by atoms with E-state index in [1.807, 2.05) is 6.92 Å². The van der Waals surface area contributed by atoms with E-state index in [9.17, 15) is 0 Å². The Bertz CT molecular complexity index is 108. The smallest absolute Gasteiger partial charge is 0.128 e. The molecule has 10 heavy (non-hydrogen) atoms. The van der Waals surface area contributed by atoms with Gasteiger partial charge in [-0.15, -0.1) is 11.8 Å². The highest BCUT2D eigenvalue weighted by atomic mass is 32.2. The van der Waals surface area contributed by atoms with E-state index < -0.39 is 17.6 Å². The quantitative estimate of drug-likeness (QED) is 0.454. The zero-order valence-electron chi connectivity index (χ0n) is 5.77. The van der Waals surface area contributed by atoms with E-state index >= 15 is 0 Å². The molecular formula is C6H12O3S. The molecule has 0 amide bonds. The van der Waals surface area contributed by atoms with Gasteiger partial charge >= 0.3 is 0 Å². The molecule has 0 aromatic rings. The van der Waals surface area contributed by atoms with Crippen LogP contribution in [0.1, 0.15) is 13.3 Å². The summed E-state index contributed by atoms with van der Waals surface area (Å²) in [6.07, 6.45) is -1.17. The van der Waals surface area contributed by atoms with Crippen LogP contribution < -0.4 is 0 Å². The average molecular weight is 164 g/mol. The van der Waals surface area contributed by atoms with E-state index in [0.29, 0.717) is 6.42 Å². The zero-order valence-corrected chi connectivity index (χ0v) is 6.58. The van der Waals surface area contributed by atoms with Crippen LogP contribution in [-0.2, 0) is 0 Å². The number of aliphatic hydroxyl groups excluding tert-OH is 3. The van der Waals surface area contributed by atoms with E-state index in [4.69, 9.17) is 15.3 Å². The van der Waals surface area contributed by atoms with Gasteiger partial charge in [-0.2, -0.15) is 0 Å². The largest absolute Gasteiger partial charge is 0.390 e. The molecule has 1 saturated heterocycles. The number of rotatable bonds is 0. The fraction of sp³-hybridized carbons (Fsp3) is 1.00. The summed E-state index contributed by atoms with van der Waals surface area (Å²) in [5.74, 6) is 0. The predicted molar refractivity (Wildman–Crippen MR) is 39.7 cm³/mol. The normalized spacial score (nSPS) is 49.2. The lowest BCUT2D eigenvalue weighted by Crippen LogP contribution is -2.42. The highest BCUT2D eigenvalue weighted by Gasteiger charge is 2.32. The standard InChI is InChI=1S/C6H12O3S/c1-3-2-4(7)5(8)6(9)10-3/h3-9H,2H2,1H3/t3-,4+,5+,6?/m1/s1. The van der Waals surface area contributed by atoms with Gasteiger partial charge in [0, 0.05) is 5.25 Å². The van der Waals surface area contributed by atoms with Gasteiger partial charge in [0.2, 0.25) is 0 Å². The van der Waals surface area contributed by atoms with Gasteiger partial charge in [0.15, 0.2) is 0 Å². The van der Waals surface area contributed by atoms with Gasteiger partial charge in [0.05, 0.1) is 6.10 Å². The first-order chi connectivity index (χ1) is 4.61. The number of aliphatic hydroxyl groups is 3. The second kappa shape index (κ2) is 3.09. The topological polar surface area (TPSA) is 60.7 Å². The van der Waals surface area contributed by atoms with E-state index in [1.165, 1.54) is 11.8 Å². The van der Waals surface area contributed by atoms with E-state index in [1.54, 1.807) is 0 Å². The molecule has 3 nitrogen and oxygen atoms in total. The van der Waals surface area contributed by atoms with Gasteiger partial charge in [-0.1, -0.05) is 6.92 Å². The fourth-order valence-electron chi connectivity index (χ4n) is 1.04. The molecular weight excluding hydrogens is 152 g/mol. The molecule has 0 radical (unpaired) electrons.